The van der Waals surface area contributed by atoms with Gasteiger partial charge in [-0.2, -0.15) is 0 Å². The lowest BCUT2D eigenvalue weighted by Crippen LogP contribution is -2.39. The first-order valence-electron chi connectivity index (χ1n) is 13.8. The molecule has 2 aromatic heterocycles. The number of nitrogens with zero attached hydrogens (tertiary/aromatic N) is 5. The Kier molecular flexibility index (Phi) is 8.40. The fourth-order valence-electron chi connectivity index (χ4n) is 4.63. The van der Waals surface area contributed by atoms with E-state index in [2.05, 4.69) is 20.6 Å². The maximum atomic E-state index is 13.8. The zero-order valence-corrected chi connectivity index (χ0v) is 25.3. The second-order valence-corrected chi connectivity index (χ2v) is 11.8. The molecule has 222 valence electrons. The van der Waals surface area contributed by atoms with Crippen molar-refractivity contribution in [2.75, 3.05) is 6.61 Å². The van der Waals surface area contributed by atoms with Crippen LogP contribution in [0.25, 0.3) is 11.8 Å². The molecule has 1 atom stereocenters. The van der Waals surface area contributed by atoms with E-state index in [4.69, 9.17) is 9.47 Å². The summed E-state index contributed by atoms with van der Waals surface area (Å²) in [6.07, 6.45) is 2.97. The van der Waals surface area contributed by atoms with Crippen molar-refractivity contribution in [3.8, 4) is 5.69 Å². The van der Waals surface area contributed by atoms with Gasteiger partial charge < -0.3 is 14.8 Å². The minimum Gasteiger partial charge on any atom is -0.463 e. The molecule has 11 nitrogen and oxygen atoms in total. The number of thiazole rings is 1. The van der Waals surface area contributed by atoms with E-state index in [9.17, 15) is 14.4 Å². The van der Waals surface area contributed by atoms with E-state index in [1.165, 1.54) is 11.3 Å². The lowest BCUT2D eigenvalue weighted by Gasteiger charge is -2.24. The maximum absolute atomic E-state index is 13.8. The summed E-state index contributed by atoms with van der Waals surface area (Å²) < 4.78 is 14.2. The fraction of sp³-hybridized carbons (Fsp3) is 0.290. The van der Waals surface area contributed by atoms with Crippen LogP contribution in [0.4, 0.5) is 4.79 Å². The van der Waals surface area contributed by atoms with Gasteiger partial charge in [0, 0.05) is 0 Å². The third-order valence-electron chi connectivity index (χ3n) is 6.42. The standard InChI is InChI=1S/C31H32N6O5S/c1-6-41-28(39)25-19(2)33-29-37(26(25)21-12-8-7-9-13-21)27(38)24(43-29)16-20-11-10-14-23(15-20)36-18-22(34-35-36)17-32-30(40)42-31(3,4)5/h7-16,18,26H,6,17H2,1-5H3,(H,32,40)/b24-16-. The number of esters is 1. The predicted octanol–water partition coefficient (Wildman–Crippen LogP) is 3.40. The number of amides is 1. The number of alkyl carbamates (subject to hydrolysis) is 1. The van der Waals surface area contributed by atoms with Crippen LogP contribution in [0.5, 0.6) is 0 Å². The van der Waals surface area contributed by atoms with Crippen molar-refractivity contribution in [1.82, 2.24) is 24.9 Å². The number of allylic oxidation sites excluding steroid dienone is 1. The van der Waals surface area contributed by atoms with E-state index < -0.39 is 23.7 Å². The monoisotopic (exact) mass is 600 g/mol. The zero-order valence-electron chi connectivity index (χ0n) is 24.5. The van der Waals surface area contributed by atoms with Gasteiger partial charge in [-0.1, -0.05) is 59.0 Å². The maximum Gasteiger partial charge on any atom is 0.407 e. The molecular formula is C31H32N6O5S. The fourth-order valence-corrected chi connectivity index (χ4v) is 5.68. The van der Waals surface area contributed by atoms with Crippen molar-refractivity contribution in [2.45, 2.75) is 52.8 Å². The third kappa shape index (κ3) is 6.64. The summed E-state index contributed by atoms with van der Waals surface area (Å²) in [5.74, 6) is -0.493. The molecule has 0 fully saturated rings. The lowest BCUT2D eigenvalue weighted by atomic mass is 9.96. The number of aromatic nitrogens is 4. The third-order valence-corrected chi connectivity index (χ3v) is 7.40. The average molecular weight is 601 g/mol. The number of carbonyl (C=O) groups is 2. The van der Waals surface area contributed by atoms with Crippen molar-refractivity contribution in [1.29, 1.82) is 0 Å². The quantitative estimate of drug-likeness (QED) is 0.322. The van der Waals surface area contributed by atoms with Gasteiger partial charge in [-0.05, 0) is 64.0 Å². The number of carbonyl (C=O) groups excluding carboxylic acids is 2. The van der Waals surface area contributed by atoms with Gasteiger partial charge in [-0.25, -0.2) is 19.3 Å². The minimum absolute atomic E-state index is 0.158. The molecule has 0 saturated heterocycles. The van der Waals surface area contributed by atoms with Crippen LogP contribution in [-0.2, 0) is 20.8 Å². The zero-order chi connectivity index (χ0) is 30.7. The number of hydrogen-bond acceptors (Lipinski definition) is 9. The Hall–Kier alpha value is -4.84. The van der Waals surface area contributed by atoms with Crippen LogP contribution < -0.4 is 20.2 Å². The molecule has 0 radical (unpaired) electrons. The largest absolute Gasteiger partial charge is 0.463 e. The lowest BCUT2D eigenvalue weighted by molar-refractivity contribution is -0.139. The van der Waals surface area contributed by atoms with Gasteiger partial charge >= 0.3 is 12.1 Å². The molecule has 1 unspecified atom stereocenters. The molecule has 4 aromatic rings. The van der Waals surface area contributed by atoms with Gasteiger partial charge in [0.25, 0.3) is 5.56 Å². The van der Waals surface area contributed by atoms with Gasteiger partial charge in [0.1, 0.15) is 11.3 Å². The van der Waals surface area contributed by atoms with E-state index in [0.29, 0.717) is 26.3 Å². The second kappa shape index (κ2) is 12.2. The Labute approximate surface area is 251 Å². The molecule has 0 spiro atoms. The number of ether oxygens (including phenoxy) is 2. The van der Waals surface area contributed by atoms with Crippen molar-refractivity contribution in [3.63, 3.8) is 0 Å². The number of benzene rings is 2. The molecule has 43 heavy (non-hydrogen) atoms. The van der Waals surface area contributed by atoms with Gasteiger partial charge in [-0.15, -0.1) is 5.10 Å². The molecule has 3 heterocycles. The summed E-state index contributed by atoms with van der Waals surface area (Å²) in [5.41, 5.74) is 2.84. The Bertz CT molecular complexity index is 1880. The van der Waals surface area contributed by atoms with Crippen LogP contribution in [-0.4, -0.2) is 43.8 Å². The van der Waals surface area contributed by atoms with E-state index in [1.54, 1.807) is 56.1 Å². The van der Waals surface area contributed by atoms with Crippen LogP contribution in [0.15, 0.2) is 81.9 Å². The van der Waals surface area contributed by atoms with E-state index in [0.717, 1.165) is 16.8 Å². The Morgan fingerprint density at radius 1 is 1.12 bits per heavy atom. The topological polar surface area (TPSA) is 130 Å². The SMILES string of the molecule is CCOC(=O)C1=C(C)N=c2s/c(=C\c3cccc(-n4cc(CNC(=O)OC(C)(C)C)nn4)c3)c(=O)n2C1c1ccccc1. The van der Waals surface area contributed by atoms with E-state index in [1.807, 2.05) is 54.6 Å². The minimum atomic E-state index is -0.659. The number of nitrogens with one attached hydrogen (secondary N) is 1. The van der Waals surface area contributed by atoms with Gasteiger partial charge in [0.2, 0.25) is 0 Å². The molecule has 0 saturated carbocycles. The highest BCUT2D eigenvalue weighted by atomic mass is 32.1. The molecule has 1 aliphatic rings. The summed E-state index contributed by atoms with van der Waals surface area (Å²) >= 11 is 1.26. The van der Waals surface area contributed by atoms with Crippen LogP contribution in [0.2, 0.25) is 0 Å². The number of fused-ring (bicyclic) bond motifs is 1. The van der Waals surface area contributed by atoms with E-state index >= 15 is 0 Å². The van der Waals surface area contributed by atoms with Crippen molar-refractivity contribution in [2.24, 2.45) is 4.99 Å². The Morgan fingerprint density at radius 2 is 1.88 bits per heavy atom. The summed E-state index contributed by atoms with van der Waals surface area (Å²) in [7, 11) is 0. The molecule has 0 aliphatic carbocycles. The molecule has 1 amide bonds. The van der Waals surface area contributed by atoms with Crippen LogP contribution >= 0.6 is 11.3 Å². The smallest absolute Gasteiger partial charge is 0.407 e. The van der Waals surface area contributed by atoms with Gasteiger partial charge in [0.05, 0.1) is 46.9 Å². The van der Waals surface area contributed by atoms with Crippen molar-refractivity contribution >= 4 is 29.5 Å². The summed E-state index contributed by atoms with van der Waals surface area (Å²) in [4.78, 5) is 44.0. The van der Waals surface area contributed by atoms with Gasteiger partial charge in [0.15, 0.2) is 4.80 Å². The molecule has 12 heteroatoms. The molecule has 5 rings (SSSR count). The highest BCUT2D eigenvalue weighted by Crippen LogP contribution is 2.30. The summed E-state index contributed by atoms with van der Waals surface area (Å²) in [5, 5.41) is 11.0. The average Bonchev–Trinajstić information content (AvgIpc) is 3.55. The van der Waals surface area contributed by atoms with Crippen molar-refractivity contribution in [3.05, 3.63) is 109 Å². The molecular weight excluding hydrogens is 568 g/mol. The molecule has 1 aliphatic heterocycles. The number of rotatable bonds is 7. The first kappa shape index (κ1) is 29.6. The second-order valence-electron chi connectivity index (χ2n) is 10.8. The van der Waals surface area contributed by atoms with Crippen LogP contribution in [0.3, 0.4) is 0 Å². The first-order valence-corrected chi connectivity index (χ1v) is 14.6. The molecule has 0 bridgehead atoms. The normalized spacial score (nSPS) is 15.1. The van der Waals surface area contributed by atoms with Crippen LogP contribution in [0.1, 0.15) is 57.5 Å². The molecule has 1 N–H and O–H groups in total. The first-order chi connectivity index (χ1) is 20.5. The highest BCUT2D eigenvalue weighted by Gasteiger charge is 2.33. The van der Waals surface area contributed by atoms with E-state index in [-0.39, 0.29) is 18.7 Å². The summed E-state index contributed by atoms with van der Waals surface area (Å²) in [6.45, 7) is 9.26. The highest BCUT2D eigenvalue weighted by molar-refractivity contribution is 7.07. The number of hydrogen-bond donors (Lipinski definition) is 1. The molecule has 2 aromatic carbocycles. The van der Waals surface area contributed by atoms with Crippen LogP contribution in [0, 0.1) is 0 Å². The Balaban J connectivity index is 1.46. The predicted molar refractivity (Wildman–Crippen MR) is 161 cm³/mol. The summed E-state index contributed by atoms with van der Waals surface area (Å²) in [6, 6.07) is 16.2. The van der Waals surface area contributed by atoms with Crippen molar-refractivity contribution < 1.29 is 19.1 Å². The Morgan fingerprint density at radius 3 is 2.60 bits per heavy atom. The van der Waals surface area contributed by atoms with Gasteiger partial charge in [-0.3, -0.25) is 9.36 Å².